The summed E-state index contributed by atoms with van der Waals surface area (Å²) in [6, 6.07) is 0. The molecular formula is C14H27N3S. The molecule has 0 spiro atoms. The molecule has 0 radical (unpaired) electrons. The van der Waals surface area contributed by atoms with Gasteiger partial charge in [-0.2, -0.15) is 0 Å². The number of aromatic nitrogens is 1. The van der Waals surface area contributed by atoms with Crippen molar-refractivity contribution < 1.29 is 0 Å². The number of rotatable bonds is 6. The first kappa shape index (κ1) is 15.4. The Morgan fingerprint density at radius 3 is 2.44 bits per heavy atom. The Kier molecular flexibility index (Phi) is 5.60. The Labute approximate surface area is 116 Å². The van der Waals surface area contributed by atoms with Gasteiger partial charge in [-0.25, -0.2) is 4.98 Å². The molecule has 0 aromatic carbocycles. The first-order valence-electron chi connectivity index (χ1n) is 6.74. The minimum atomic E-state index is 0.118. The maximum atomic E-state index is 4.78. The van der Waals surface area contributed by atoms with Crippen LogP contribution in [0.2, 0.25) is 0 Å². The second kappa shape index (κ2) is 6.53. The summed E-state index contributed by atoms with van der Waals surface area (Å²) in [7, 11) is 4.11. The quantitative estimate of drug-likeness (QED) is 0.802. The molecule has 0 bridgehead atoms. The molecule has 1 aromatic heterocycles. The summed E-state index contributed by atoms with van der Waals surface area (Å²) in [6.07, 6.45) is 2.48. The summed E-state index contributed by atoms with van der Waals surface area (Å²) in [6.45, 7) is 11.0. The van der Waals surface area contributed by atoms with E-state index in [4.69, 9.17) is 4.98 Å². The largest absolute Gasteiger partial charge is 0.354 e. The molecule has 104 valence electrons. The van der Waals surface area contributed by atoms with E-state index in [-0.39, 0.29) is 5.41 Å². The van der Waals surface area contributed by atoms with Gasteiger partial charge in [0, 0.05) is 30.9 Å². The van der Waals surface area contributed by atoms with Crippen molar-refractivity contribution in [3.05, 3.63) is 10.6 Å². The number of nitrogens with zero attached hydrogens (tertiary/aromatic N) is 2. The molecular weight excluding hydrogens is 242 g/mol. The summed E-state index contributed by atoms with van der Waals surface area (Å²) >= 11 is 1.80. The van der Waals surface area contributed by atoms with Gasteiger partial charge in [0.1, 0.15) is 0 Å². The van der Waals surface area contributed by atoms with Gasteiger partial charge in [0.05, 0.1) is 5.69 Å². The Morgan fingerprint density at radius 2 is 1.94 bits per heavy atom. The molecule has 1 N–H and O–H groups in total. The zero-order valence-corrected chi connectivity index (χ0v) is 13.4. The summed E-state index contributed by atoms with van der Waals surface area (Å²) in [5, 5.41) is 4.62. The van der Waals surface area contributed by atoms with Crippen molar-refractivity contribution in [2.75, 3.05) is 25.5 Å². The van der Waals surface area contributed by atoms with E-state index in [9.17, 15) is 0 Å². The highest BCUT2D eigenvalue weighted by atomic mass is 32.1. The topological polar surface area (TPSA) is 28.2 Å². The van der Waals surface area contributed by atoms with Gasteiger partial charge in [-0.1, -0.05) is 34.1 Å². The lowest BCUT2D eigenvalue weighted by atomic mass is 9.91. The second-order valence-corrected chi connectivity index (χ2v) is 7.01. The molecule has 0 saturated heterocycles. The van der Waals surface area contributed by atoms with Crippen LogP contribution in [-0.4, -0.2) is 25.6 Å². The fourth-order valence-electron chi connectivity index (χ4n) is 1.74. The molecule has 0 saturated carbocycles. The van der Waals surface area contributed by atoms with E-state index in [1.165, 1.54) is 23.4 Å². The number of hydrogen-bond donors (Lipinski definition) is 1. The van der Waals surface area contributed by atoms with Crippen LogP contribution in [0.1, 0.15) is 51.1 Å². The van der Waals surface area contributed by atoms with Crippen molar-refractivity contribution >= 4 is 16.5 Å². The van der Waals surface area contributed by atoms with Gasteiger partial charge < -0.3 is 10.2 Å². The van der Waals surface area contributed by atoms with Gasteiger partial charge in [-0.3, -0.25) is 0 Å². The van der Waals surface area contributed by atoms with E-state index < -0.39 is 0 Å². The smallest absolute Gasteiger partial charge is 0.185 e. The number of unbranched alkanes of at least 4 members (excludes halogenated alkanes) is 1. The van der Waals surface area contributed by atoms with Crippen LogP contribution in [0.15, 0.2) is 0 Å². The lowest BCUT2D eigenvalue weighted by Crippen LogP contribution is -2.19. The lowest BCUT2D eigenvalue weighted by Gasteiger charge is -2.17. The Bertz CT molecular complexity index is 364. The molecule has 1 rings (SSSR count). The van der Waals surface area contributed by atoms with Gasteiger partial charge in [-0.15, -0.1) is 11.3 Å². The molecule has 0 amide bonds. The number of thiazole rings is 1. The van der Waals surface area contributed by atoms with Gasteiger partial charge in [0.15, 0.2) is 5.13 Å². The van der Waals surface area contributed by atoms with Crippen LogP contribution in [0, 0.1) is 0 Å². The Balaban J connectivity index is 2.80. The standard InChI is InChI=1S/C14H27N3S/c1-7-8-9-15-10-11-12(14(2,3)4)16-13(18-11)17(5)6/h15H,7-10H2,1-6H3. The van der Waals surface area contributed by atoms with Crippen LogP contribution in [0.3, 0.4) is 0 Å². The third-order valence-electron chi connectivity index (χ3n) is 2.77. The van der Waals surface area contributed by atoms with Crippen molar-refractivity contribution in [2.24, 2.45) is 0 Å². The minimum Gasteiger partial charge on any atom is -0.354 e. The normalized spacial score (nSPS) is 11.9. The van der Waals surface area contributed by atoms with Crippen LogP contribution in [0.5, 0.6) is 0 Å². The van der Waals surface area contributed by atoms with E-state index in [0.29, 0.717) is 0 Å². The summed E-state index contributed by atoms with van der Waals surface area (Å²) < 4.78 is 0. The fraction of sp³-hybridized carbons (Fsp3) is 0.786. The van der Waals surface area contributed by atoms with Crippen LogP contribution in [0.25, 0.3) is 0 Å². The van der Waals surface area contributed by atoms with E-state index in [1.807, 2.05) is 0 Å². The monoisotopic (exact) mass is 269 g/mol. The van der Waals surface area contributed by atoms with E-state index in [0.717, 1.165) is 18.2 Å². The van der Waals surface area contributed by atoms with E-state index in [1.54, 1.807) is 11.3 Å². The Morgan fingerprint density at radius 1 is 1.28 bits per heavy atom. The van der Waals surface area contributed by atoms with Crippen molar-refractivity contribution in [2.45, 2.75) is 52.5 Å². The highest BCUT2D eigenvalue weighted by Gasteiger charge is 2.23. The first-order valence-corrected chi connectivity index (χ1v) is 7.56. The maximum absolute atomic E-state index is 4.78. The van der Waals surface area contributed by atoms with E-state index >= 15 is 0 Å². The fourth-order valence-corrected chi connectivity index (χ4v) is 2.90. The van der Waals surface area contributed by atoms with Crippen LogP contribution < -0.4 is 10.2 Å². The average molecular weight is 269 g/mol. The van der Waals surface area contributed by atoms with Crippen molar-refractivity contribution in [3.63, 3.8) is 0 Å². The molecule has 0 unspecified atom stereocenters. The molecule has 18 heavy (non-hydrogen) atoms. The Hall–Kier alpha value is -0.610. The van der Waals surface area contributed by atoms with Crippen LogP contribution >= 0.6 is 11.3 Å². The highest BCUT2D eigenvalue weighted by molar-refractivity contribution is 7.15. The predicted octanol–water partition coefficient (Wildman–Crippen LogP) is 3.40. The van der Waals surface area contributed by atoms with Crippen molar-refractivity contribution in [1.82, 2.24) is 10.3 Å². The molecule has 3 nitrogen and oxygen atoms in total. The van der Waals surface area contributed by atoms with Gasteiger partial charge in [0.2, 0.25) is 0 Å². The van der Waals surface area contributed by atoms with Crippen molar-refractivity contribution in [1.29, 1.82) is 0 Å². The number of anilines is 1. The molecule has 0 aliphatic heterocycles. The van der Waals surface area contributed by atoms with Gasteiger partial charge in [-0.05, 0) is 13.0 Å². The zero-order chi connectivity index (χ0) is 13.8. The average Bonchev–Trinajstić information content (AvgIpc) is 2.68. The second-order valence-electron chi connectivity index (χ2n) is 5.94. The zero-order valence-electron chi connectivity index (χ0n) is 12.6. The lowest BCUT2D eigenvalue weighted by molar-refractivity contribution is 0.557. The van der Waals surface area contributed by atoms with Crippen LogP contribution in [-0.2, 0) is 12.0 Å². The van der Waals surface area contributed by atoms with Gasteiger partial charge in [0.25, 0.3) is 0 Å². The number of nitrogens with one attached hydrogen (secondary N) is 1. The molecule has 4 heteroatoms. The van der Waals surface area contributed by atoms with Crippen molar-refractivity contribution in [3.8, 4) is 0 Å². The van der Waals surface area contributed by atoms with Gasteiger partial charge >= 0.3 is 0 Å². The predicted molar refractivity (Wildman–Crippen MR) is 81.8 cm³/mol. The molecule has 0 aliphatic rings. The molecule has 0 atom stereocenters. The summed E-state index contributed by atoms with van der Waals surface area (Å²) in [5.41, 5.74) is 1.35. The third kappa shape index (κ3) is 4.25. The number of hydrogen-bond acceptors (Lipinski definition) is 4. The SMILES string of the molecule is CCCCNCc1sc(N(C)C)nc1C(C)(C)C. The maximum Gasteiger partial charge on any atom is 0.185 e. The highest BCUT2D eigenvalue weighted by Crippen LogP contribution is 2.33. The molecule has 0 fully saturated rings. The minimum absolute atomic E-state index is 0.118. The molecule has 1 aromatic rings. The first-order chi connectivity index (χ1) is 8.36. The van der Waals surface area contributed by atoms with E-state index in [2.05, 4.69) is 52.0 Å². The summed E-state index contributed by atoms with van der Waals surface area (Å²) in [5.74, 6) is 0. The summed E-state index contributed by atoms with van der Waals surface area (Å²) in [4.78, 5) is 8.25. The molecule has 1 heterocycles. The third-order valence-corrected chi connectivity index (χ3v) is 3.99. The van der Waals surface area contributed by atoms with Crippen LogP contribution in [0.4, 0.5) is 5.13 Å². The molecule has 0 aliphatic carbocycles.